The Morgan fingerprint density at radius 1 is 0.438 bits per heavy atom. The molecule has 2 unspecified atom stereocenters. The van der Waals surface area contributed by atoms with Crippen LogP contribution in [0, 0.1) is 0 Å². The highest BCUT2D eigenvalue weighted by Crippen LogP contribution is 2.42. The maximum absolute atomic E-state index is 2.38. The Kier molecular flexibility index (Phi) is 8.28. The van der Waals surface area contributed by atoms with Crippen LogP contribution in [0.3, 0.4) is 0 Å². The molecular weight excluding hydrogens is 422 g/mol. The number of aryl methyl sites for hydroxylation is 2. The van der Waals surface area contributed by atoms with Gasteiger partial charge in [0.1, 0.15) is 0 Å². The molecule has 162 valence electrons. The summed E-state index contributed by atoms with van der Waals surface area (Å²) < 4.78 is 0. The molecule has 4 aromatic carbocycles. The molecule has 0 nitrogen and oxygen atoms in total. The van der Waals surface area contributed by atoms with Crippen molar-refractivity contribution in [2.75, 3.05) is 12.3 Å². The van der Waals surface area contributed by atoms with Crippen LogP contribution in [0.2, 0.25) is 0 Å². The minimum absolute atomic E-state index is 0.388. The van der Waals surface area contributed by atoms with E-state index in [-0.39, 0.29) is 15.8 Å². The molecule has 0 radical (unpaired) electrons. The third kappa shape index (κ3) is 5.38. The summed E-state index contributed by atoms with van der Waals surface area (Å²) in [5.74, 6) is 0. The SMILES string of the molecule is CCc1ccccc1P(CCP(c1ccccc1)c1ccccc1CC)c1ccccc1. The summed E-state index contributed by atoms with van der Waals surface area (Å²) in [4.78, 5) is 0. The smallest absolute Gasteiger partial charge is 0.0163 e. The molecule has 2 heteroatoms. The number of benzene rings is 4. The van der Waals surface area contributed by atoms with Crippen molar-refractivity contribution in [3.8, 4) is 0 Å². The molecule has 0 aliphatic heterocycles. The monoisotopic (exact) mass is 454 g/mol. The van der Waals surface area contributed by atoms with Gasteiger partial charge in [-0.3, -0.25) is 0 Å². The maximum Gasteiger partial charge on any atom is -0.0163 e. The highest BCUT2D eigenvalue weighted by molar-refractivity contribution is 7.76. The van der Waals surface area contributed by atoms with E-state index in [1.54, 1.807) is 10.6 Å². The number of hydrogen-bond donors (Lipinski definition) is 0. The Hall–Kier alpha value is -2.26. The first-order valence-electron chi connectivity index (χ1n) is 11.6. The second kappa shape index (κ2) is 11.6. The van der Waals surface area contributed by atoms with Gasteiger partial charge in [-0.05, 0) is 73.4 Å². The minimum Gasteiger partial charge on any atom is -0.0622 e. The van der Waals surface area contributed by atoms with Gasteiger partial charge in [-0.1, -0.05) is 123 Å². The van der Waals surface area contributed by atoms with E-state index < -0.39 is 0 Å². The first kappa shape index (κ1) is 22.9. The lowest BCUT2D eigenvalue weighted by atomic mass is 10.2. The summed E-state index contributed by atoms with van der Waals surface area (Å²) in [5.41, 5.74) is 3.00. The van der Waals surface area contributed by atoms with Gasteiger partial charge in [-0.25, -0.2) is 0 Å². The van der Waals surface area contributed by atoms with Crippen LogP contribution in [-0.4, -0.2) is 12.3 Å². The molecule has 2 atom stereocenters. The quantitative estimate of drug-likeness (QED) is 0.258. The van der Waals surface area contributed by atoms with E-state index in [0.717, 1.165) is 12.8 Å². The fraction of sp³-hybridized carbons (Fsp3) is 0.200. The van der Waals surface area contributed by atoms with Crippen LogP contribution < -0.4 is 21.2 Å². The van der Waals surface area contributed by atoms with Gasteiger partial charge in [0.15, 0.2) is 0 Å². The third-order valence-corrected chi connectivity index (χ3v) is 11.6. The van der Waals surface area contributed by atoms with Crippen LogP contribution in [0.5, 0.6) is 0 Å². The van der Waals surface area contributed by atoms with Crippen LogP contribution in [-0.2, 0) is 12.8 Å². The van der Waals surface area contributed by atoms with Crippen molar-refractivity contribution < 1.29 is 0 Å². The highest BCUT2D eigenvalue weighted by atomic mass is 31.1. The Labute approximate surface area is 196 Å². The van der Waals surface area contributed by atoms with Crippen LogP contribution >= 0.6 is 15.8 Å². The second-order valence-corrected chi connectivity index (χ2v) is 12.5. The predicted octanol–water partition coefficient (Wildman–Crippen LogP) is 6.38. The van der Waals surface area contributed by atoms with Gasteiger partial charge in [0.25, 0.3) is 0 Å². The molecule has 4 rings (SSSR count). The molecular formula is C30H32P2. The van der Waals surface area contributed by atoms with Crippen molar-refractivity contribution in [3.63, 3.8) is 0 Å². The van der Waals surface area contributed by atoms with Crippen LogP contribution in [0.1, 0.15) is 25.0 Å². The molecule has 0 aliphatic carbocycles. The van der Waals surface area contributed by atoms with Gasteiger partial charge >= 0.3 is 0 Å². The van der Waals surface area contributed by atoms with E-state index in [9.17, 15) is 0 Å². The molecule has 0 bridgehead atoms. The van der Waals surface area contributed by atoms with Gasteiger partial charge in [0.2, 0.25) is 0 Å². The third-order valence-electron chi connectivity index (χ3n) is 6.01. The molecule has 0 amide bonds. The highest BCUT2D eigenvalue weighted by Gasteiger charge is 2.21. The Balaban J connectivity index is 1.72. The van der Waals surface area contributed by atoms with E-state index in [0.29, 0.717) is 0 Å². The van der Waals surface area contributed by atoms with Gasteiger partial charge in [0, 0.05) is 0 Å². The summed E-state index contributed by atoms with van der Waals surface area (Å²) >= 11 is 0. The van der Waals surface area contributed by atoms with Gasteiger partial charge < -0.3 is 0 Å². The topological polar surface area (TPSA) is 0 Å². The standard InChI is InChI=1S/C30H32P2/c1-3-25-15-11-13-21-29(25)31(27-17-7-5-8-18-27)23-24-32(28-19-9-6-10-20-28)30-22-14-12-16-26(30)4-2/h5-22H,3-4,23-24H2,1-2H3. The molecule has 0 aromatic heterocycles. The number of rotatable bonds is 9. The van der Waals surface area contributed by atoms with E-state index in [1.807, 2.05) is 0 Å². The minimum atomic E-state index is -0.388. The van der Waals surface area contributed by atoms with Crippen molar-refractivity contribution >= 4 is 37.1 Å². The van der Waals surface area contributed by atoms with E-state index in [1.165, 1.54) is 34.1 Å². The van der Waals surface area contributed by atoms with Crippen molar-refractivity contribution in [1.29, 1.82) is 0 Å². The van der Waals surface area contributed by atoms with E-state index >= 15 is 0 Å². The zero-order valence-corrected chi connectivity index (χ0v) is 20.9. The van der Waals surface area contributed by atoms with Crippen LogP contribution in [0.4, 0.5) is 0 Å². The molecule has 0 heterocycles. The first-order chi connectivity index (χ1) is 15.8. The second-order valence-electron chi connectivity index (χ2n) is 7.94. The molecule has 0 fully saturated rings. The normalized spacial score (nSPS) is 12.9. The van der Waals surface area contributed by atoms with E-state index in [4.69, 9.17) is 0 Å². The first-order valence-corrected chi connectivity index (χ1v) is 14.7. The summed E-state index contributed by atoms with van der Waals surface area (Å²) in [5, 5.41) is 6.11. The van der Waals surface area contributed by atoms with Crippen molar-refractivity contribution in [2.24, 2.45) is 0 Å². The lowest BCUT2D eigenvalue weighted by molar-refractivity contribution is 1.15. The molecule has 32 heavy (non-hydrogen) atoms. The average Bonchev–Trinajstić information content (AvgIpc) is 2.88. The summed E-state index contributed by atoms with van der Waals surface area (Å²) in [7, 11) is -0.777. The largest absolute Gasteiger partial charge is 0.0622 e. The lowest BCUT2D eigenvalue weighted by Gasteiger charge is -2.26. The van der Waals surface area contributed by atoms with E-state index in [2.05, 4.69) is 123 Å². The predicted molar refractivity (Wildman–Crippen MR) is 147 cm³/mol. The van der Waals surface area contributed by atoms with Gasteiger partial charge in [0.05, 0.1) is 0 Å². The Morgan fingerprint density at radius 2 is 0.781 bits per heavy atom. The summed E-state index contributed by atoms with van der Waals surface area (Å²) in [6.07, 6.45) is 4.62. The van der Waals surface area contributed by atoms with Gasteiger partial charge in [-0.2, -0.15) is 0 Å². The average molecular weight is 455 g/mol. The number of hydrogen-bond acceptors (Lipinski definition) is 0. The van der Waals surface area contributed by atoms with Crippen LogP contribution in [0.15, 0.2) is 109 Å². The Morgan fingerprint density at radius 3 is 1.16 bits per heavy atom. The molecule has 0 saturated carbocycles. The zero-order chi connectivity index (χ0) is 22.2. The molecule has 4 aromatic rings. The summed E-state index contributed by atoms with van der Waals surface area (Å²) in [6.45, 7) is 4.57. The molecule has 0 N–H and O–H groups in total. The fourth-order valence-corrected chi connectivity index (χ4v) is 10.2. The van der Waals surface area contributed by atoms with Gasteiger partial charge in [-0.15, -0.1) is 0 Å². The molecule has 0 saturated heterocycles. The van der Waals surface area contributed by atoms with Crippen molar-refractivity contribution in [3.05, 3.63) is 120 Å². The van der Waals surface area contributed by atoms with Crippen molar-refractivity contribution in [1.82, 2.24) is 0 Å². The van der Waals surface area contributed by atoms with Crippen LogP contribution in [0.25, 0.3) is 0 Å². The lowest BCUT2D eigenvalue weighted by Crippen LogP contribution is -2.22. The fourth-order valence-electron chi connectivity index (χ4n) is 4.34. The van der Waals surface area contributed by atoms with Crippen molar-refractivity contribution in [2.45, 2.75) is 26.7 Å². The molecule has 0 spiro atoms. The Bertz CT molecular complexity index is 1010. The zero-order valence-electron chi connectivity index (χ0n) is 19.1. The maximum atomic E-state index is 2.38. The summed E-state index contributed by atoms with van der Waals surface area (Å²) in [6, 6.07) is 40.6. The molecule has 0 aliphatic rings.